The summed E-state index contributed by atoms with van der Waals surface area (Å²) in [7, 11) is 0. The van der Waals surface area contributed by atoms with Crippen LogP contribution < -0.4 is 4.90 Å². The SMILES string of the molecule is c1ccc(-c2ccc(N(c3ccc(-c4ccccc4)cc3)c3ccc(-c4ccc(-c5ccc6c7c(cccc57)-c5ccccc5C65CC5)cc4)cc3)cc2)cc1. The maximum atomic E-state index is 2.42. The Morgan fingerprint density at radius 2 is 0.714 bits per heavy atom. The normalized spacial score (nSPS) is 13.4. The van der Waals surface area contributed by atoms with Crippen LogP contribution >= 0.6 is 0 Å². The Morgan fingerprint density at radius 3 is 1.23 bits per heavy atom. The Kier molecular flexibility index (Phi) is 7.60. The summed E-state index contributed by atoms with van der Waals surface area (Å²) in [6.45, 7) is 0. The molecule has 0 amide bonds. The van der Waals surface area contributed by atoms with Crippen LogP contribution in [-0.4, -0.2) is 0 Å². The van der Waals surface area contributed by atoms with Crippen molar-refractivity contribution in [2.75, 3.05) is 4.90 Å². The molecule has 2 aliphatic carbocycles. The van der Waals surface area contributed by atoms with E-state index in [-0.39, 0.29) is 5.41 Å². The molecular weight excluding hydrogens is 675 g/mol. The molecule has 0 aromatic heterocycles. The van der Waals surface area contributed by atoms with Gasteiger partial charge in [0.05, 0.1) is 0 Å². The van der Waals surface area contributed by atoms with E-state index in [1.165, 1.54) is 90.4 Å². The van der Waals surface area contributed by atoms with Gasteiger partial charge in [0.2, 0.25) is 0 Å². The molecule has 0 atom stereocenters. The second-order valence-electron chi connectivity index (χ2n) is 15.3. The molecule has 0 saturated heterocycles. The predicted molar refractivity (Wildman–Crippen MR) is 236 cm³/mol. The van der Waals surface area contributed by atoms with Gasteiger partial charge in [0.25, 0.3) is 0 Å². The van der Waals surface area contributed by atoms with Gasteiger partial charge in [-0.25, -0.2) is 0 Å². The largest absolute Gasteiger partial charge is 0.311 e. The van der Waals surface area contributed by atoms with E-state index in [4.69, 9.17) is 0 Å². The third-order valence-corrected chi connectivity index (χ3v) is 12.2. The van der Waals surface area contributed by atoms with Gasteiger partial charge in [0.15, 0.2) is 0 Å². The molecule has 2 aliphatic rings. The van der Waals surface area contributed by atoms with Crippen LogP contribution in [0.2, 0.25) is 0 Å². The van der Waals surface area contributed by atoms with Gasteiger partial charge < -0.3 is 4.90 Å². The van der Waals surface area contributed by atoms with Crippen LogP contribution in [0.15, 0.2) is 212 Å². The van der Waals surface area contributed by atoms with Crippen LogP contribution in [0.4, 0.5) is 17.1 Å². The Morgan fingerprint density at radius 1 is 0.286 bits per heavy atom. The van der Waals surface area contributed by atoms with Gasteiger partial charge in [-0.15, -0.1) is 0 Å². The average molecular weight is 714 g/mol. The zero-order chi connectivity index (χ0) is 37.1. The van der Waals surface area contributed by atoms with E-state index in [2.05, 4.69) is 217 Å². The quantitative estimate of drug-likeness (QED) is 0.159. The van der Waals surface area contributed by atoms with Crippen molar-refractivity contribution in [1.29, 1.82) is 0 Å². The van der Waals surface area contributed by atoms with Crippen molar-refractivity contribution in [3.8, 4) is 55.6 Å². The topological polar surface area (TPSA) is 3.24 Å². The fraction of sp³-hybridized carbons (Fsp3) is 0.0545. The smallest absolute Gasteiger partial charge is 0.0462 e. The van der Waals surface area contributed by atoms with Crippen LogP contribution in [0.25, 0.3) is 66.4 Å². The van der Waals surface area contributed by atoms with E-state index >= 15 is 0 Å². The number of rotatable bonds is 7. The molecule has 9 aromatic carbocycles. The lowest BCUT2D eigenvalue weighted by atomic mass is 9.73. The van der Waals surface area contributed by atoms with Crippen molar-refractivity contribution in [2.24, 2.45) is 0 Å². The molecule has 1 fully saturated rings. The second-order valence-corrected chi connectivity index (χ2v) is 15.3. The van der Waals surface area contributed by atoms with E-state index in [0.717, 1.165) is 17.1 Å². The molecule has 0 radical (unpaired) electrons. The lowest BCUT2D eigenvalue weighted by Crippen LogP contribution is -2.15. The van der Waals surface area contributed by atoms with Crippen LogP contribution in [0.3, 0.4) is 0 Å². The van der Waals surface area contributed by atoms with E-state index in [1.54, 1.807) is 0 Å². The fourth-order valence-corrected chi connectivity index (χ4v) is 9.19. The summed E-state index contributed by atoms with van der Waals surface area (Å²) in [6.07, 6.45) is 2.47. The van der Waals surface area contributed by atoms with Gasteiger partial charge in [-0.05, 0) is 127 Å². The lowest BCUT2D eigenvalue weighted by molar-refractivity contribution is 0.853. The highest BCUT2D eigenvalue weighted by Gasteiger charge is 2.50. The van der Waals surface area contributed by atoms with Crippen LogP contribution in [0.1, 0.15) is 24.0 Å². The van der Waals surface area contributed by atoms with Gasteiger partial charge in [-0.2, -0.15) is 0 Å². The first-order valence-electron chi connectivity index (χ1n) is 19.7. The molecule has 9 aromatic rings. The van der Waals surface area contributed by atoms with Crippen molar-refractivity contribution < 1.29 is 0 Å². The lowest BCUT2D eigenvalue weighted by Gasteiger charge is -2.29. The summed E-state index contributed by atoms with van der Waals surface area (Å²) in [4.78, 5) is 2.35. The van der Waals surface area contributed by atoms with E-state index in [0.29, 0.717) is 0 Å². The maximum Gasteiger partial charge on any atom is 0.0462 e. The molecule has 11 rings (SSSR count). The zero-order valence-corrected chi connectivity index (χ0v) is 31.1. The Hall–Kier alpha value is -6.96. The van der Waals surface area contributed by atoms with Gasteiger partial charge in [0.1, 0.15) is 0 Å². The molecule has 0 heterocycles. The highest BCUT2D eigenvalue weighted by atomic mass is 15.1. The monoisotopic (exact) mass is 713 g/mol. The zero-order valence-electron chi connectivity index (χ0n) is 31.1. The summed E-state index contributed by atoms with van der Waals surface area (Å²) in [5.41, 5.74) is 19.1. The third-order valence-electron chi connectivity index (χ3n) is 12.2. The number of nitrogens with zero attached hydrogens (tertiary/aromatic N) is 1. The average Bonchev–Trinajstić information content (AvgIpc) is 4.08. The molecule has 1 saturated carbocycles. The van der Waals surface area contributed by atoms with Gasteiger partial charge in [-0.1, -0.05) is 176 Å². The minimum absolute atomic E-state index is 0.185. The molecule has 0 unspecified atom stereocenters. The first kappa shape index (κ1) is 32.5. The molecule has 0 bridgehead atoms. The molecule has 56 heavy (non-hydrogen) atoms. The van der Waals surface area contributed by atoms with Crippen molar-refractivity contribution >= 4 is 27.8 Å². The summed E-state index contributed by atoms with van der Waals surface area (Å²) in [5.74, 6) is 0. The van der Waals surface area contributed by atoms with Gasteiger partial charge >= 0.3 is 0 Å². The molecule has 0 aliphatic heterocycles. The molecule has 0 N–H and O–H groups in total. The van der Waals surface area contributed by atoms with E-state index in [9.17, 15) is 0 Å². The highest BCUT2D eigenvalue weighted by molar-refractivity contribution is 6.09. The van der Waals surface area contributed by atoms with E-state index < -0.39 is 0 Å². The summed E-state index contributed by atoms with van der Waals surface area (Å²) in [6, 6.07) is 77.8. The number of benzene rings is 9. The van der Waals surface area contributed by atoms with Crippen molar-refractivity contribution in [1.82, 2.24) is 0 Å². The summed E-state index contributed by atoms with van der Waals surface area (Å²) in [5, 5.41) is 2.79. The molecule has 264 valence electrons. The van der Waals surface area contributed by atoms with Gasteiger partial charge in [-0.3, -0.25) is 0 Å². The molecular formula is C55H39N. The molecule has 1 spiro atoms. The highest BCUT2D eigenvalue weighted by Crippen LogP contribution is 2.61. The minimum atomic E-state index is 0.185. The van der Waals surface area contributed by atoms with Crippen LogP contribution in [0.5, 0.6) is 0 Å². The summed E-state index contributed by atoms with van der Waals surface area (Å²) >= 11 is 0. The van der Waals surface area contributed by atoms with Crippen LogP contribution in [0, 0.1) is 0 Å². The standard InChI is InChI=1S/C55H39N/c1-3-10-38(11-4-1)41-22-28-45(29-23-41)56(46-30-24-42(25-31-46)39-12-5-2-6-13-39)47-32-26-43(27-33-47)40-18-20-44(21-19-40)48-34-35-53-54-50(48)15-9-16-51(54)49-14-7-8-17-52(49)55(53)36-37-55/h1-35H,36-37H2. The predicted octanol–water partition coefficient (Wildman–Crippen LogP) is 15.0. The summed E-state index contributed by atoms with van der Waals surface area (Å²) < 4.78 is 0. The molecule has 1 nitrogen and oxygen atoms in total. The number of hydrogen-bond acceptors (Lipinski definition) is 1. The number of anilines is 3. The van der Waals surface area contributed by atoms with Crippen molar-refractivity contribution in [3.05, 3.63) is 223 Å². The third kappa shape index (κ3) is 5.39. The fourth-order valence-electron chi connectivity index (χ4n) is 9.19. The Labute approximate surface area is 328 Å². The first-order chi connectivity index (χ1) is 27.7. The number of fused-ring (bicyclic) bond motifs is 4. The Balaban J connectivity index is 0.921. The second kappa shape index (κ2) is 13.1. The van der Waals surface area contributed by atoms with Gasteiger partial charge in [0, 0.05) is 22.5 Å². The van der Waals surface area contributed by atoms with Crippen molar-refractivity contribution in [2.45, 2.75) is 18.3 Å². The van der Waals surface area contributed by atoms with Crippen molar-refractivity contribution in [3.63, 3.8) is 0 Å². The van der Waals surface area contributed by atoms with Crippen LogP contribution in [-0.2, 0) is 5.41 Å². The number of hydrogen-bond donors (Lipinski definition) is 0. The first-order valence-corrected chi connectivity index (χ1v) is 19.7. The molecule has 1 heteroatoms. The minimum Gasteiger partial charge on any atom is -0.311 e. The maximum absolute atomic E-state index is 2.42. The Bertz CT molecular complexity index is 2770. The van der Waals surface area contributed by atoms with E-state index in [1.807, 2.05) is 0 Å².